The average molecular weight is 274 g/mol. The van der Waals surface area contributed by atoms with Crippen molar-refractivity contribution in [1.29, 1.82) is 0 Å². The van der Waals surface area contributed by atoms with Crippen LogP contribution in [0.5, 0.6) is 0 Å². The molecule has 4 nitrogen and oxygen atoms in total. The van der Waals surface area contributed by atoms with Crippen molar-refractivity contribution in [2.24, 2.45) is 0 Å². The molecule has 6 heteroatoms. The number of hydrogen-bond acceptors (Lipinski definition) is 3. The summed E-state index contributed by atoms with van der Waals surface area (Å²) in [5.41, 5.74) is -2.00. The van der Waals surface area contributed by atoms with Crippen molar-refractivity contribution < 1.29 is 13.5 Å². The summed E-state index contributed by atoms with van der Waals surface area (Å²) in [6, 6.07) is 0. The Kier molecular flexibility index (Phi) is 3.95. The highest BCUT2D eigenvalue weighted by Gasteiger charge is 2.37. The molecule has 13 heavy (non-hydrogen) atoms. The van der Waals surface area contributed by atoms with E-state index in [1.54, 1.807) is 27.7 Å². The first-order valence-electron chi connectivity index (χ1n) is 3.82. The van der Waals surface area contributed by atoms with E-state index in [0.29, 0.717) is 0 Å². The van der Waals surface area contributed by atoms with Gasteiger partial charge < -0.3 is 5.11 Å². The molecule has 0 saturated carbocycles. The Morgan fingerprint density at radius 2 is 1.69 bits per heavy atom. The van der Waals surface area contributed by atoms with Crippen LogP contribution in [-0.2, 0) is 10.0 Å². The molecule has 2 N–H and O–H groups in total. The van der Waals surface area contributed by atoms with Gasteiger partial charge in [0.05, 0.1) is 11.1 Å². The van der Waals surface area contributed by atoms with E-state index < -0.39 is 21.2 Å². The Morgan fingerprint density at radius 1 is 1.31 bits per heavy atom. The maximum absolute atomic E-state index is 11.2. The van der Waals surface area contributed by atoms with Gasteiger partial charge in [0, 0.05) is 0 Å². The zero-order valence-corrected chi connectivity index (χ0v) is 10.7. The SMILES string of the molecule is CC(C)(O)C(C)(C)NS(=O)(=O)CBr. The van der Waals surface area contributed by atoms with Crippen LogP contribution >= 0.6 is 15.9 Å². The molecule has 0 aliphatic carbocycles. The second-order valence-electron chi connectivity index (χ2n) is 4.01. The highest BCUT2D eigenvalue weighted by Crippen LogP contribution is 2.21. The van der Waals surface area contributed by atoms with Gasteiger partial charge in [0.2, 0.25) is 10.0 Å². The van der Waals surface area contributed by atoms with Gasteiger partial charge in [-0.05, 0) is 27.7 Å². The summed E-state index contributed by atoms with van der Waals surface area (Å²) in [5, 5.41) is 9.66. The predicted molar refractivity (Wildman–Crippen MR) is 56.2 cm³/mol. The first kappa shape index (κ1) is 13.4. The van der Waals surface area contributed by atoms with E-state index >= 15 is 0 Å². The molecule has 80 valence electrons. The third kappa shape index (κ3) is 3.93. The summed E-state index contributed by atoms with van der Waals surface area (Å²) in [5.74, 6) is 0. The number of aliphatic hydroxyl groups is 1. The lowest BCUT2D eigenvalue weighted by molar-refractivity contribution is 0.00646. The van der Waals surface area contributed by atoms with Crippen molar-refractivity contribution in [3.63, 3.8) is 0 Å². The molecule has 0 atom stereocenters. The minimum absolute atomic E-state index is 0.167. The average Bonchev–Trinajstić information content (AvgIpc) is 1.83. The van der Waals surface area contributed by atoms with E-state index in [9.17, 15) is 13.5 Å². The summed E-state index contributed by atoms with van der Waals surface area (Å²) >= 11 is 2.86. The molecule has 0 aromatic heterocycles. The van der Waals surface area contributed by atoms with Gasteiger partial charge in [-0.25, -0.2) is 13.1 Å². The minimum Gasteiger partial charge on any atom is -0.389 e. The monoisotopic (exact) mass is 273 g/mol. The molecule has 0 unspecified atom stereocenters. The summed E-state index contributed by atoms with van der Waals surface area (Å²) in [6.07, 6.45) is 0. The van der Waals surface area contributed by atoms with Crippen molar-refractivity contribution in [3.05, 3.63) is 0 Å². The molecule has 0 heterocycles. The molecule has 0 aromatic carbocycles. The van der Waals surface area contributed by atoms with Crippen LogP contribution in [0.2, 0.25) is 0 Å². The van der Waals surface area contributed by atoms with E-state index in [1.807, 2.05) is 0 Å². The van der Waals surface area contributed by atoms with Crippen molar-refractivity contribution in [1.82, 2.24) is 4.72 Å². The predicted octanol–water partition coefficient (Wildman–Crippen LogP) is 0.808. The van der Waals surface area contributed by atoms with Gasteiger partial charge in [-0.3, -0.25) is 0 Å². The maximum atomic E-state index is 11.2. The van der Waals surface area contributed by atoms with E-state index in [4.69, 9.17) is 0 Å². The molecule has 0 bridgehead atoms. The molecule has 0 aliphatic heterocycles. The fraction of sp³-hybridized carbons (Fsp3) is 1.00. The quantitative estimate of drug-likeness (QED) is 0.745. The lowest BCUT2D eigenvalue weighted by Crippen LogP contribution is -2.57. The largest absolute Gasteiger partial charge is 0.389 e. The van der Waals surface area contributed by atoms with Crippen LogP contribution in [-0.4, -0.2) is 29.3 Å². The number of nitrogens with one attached hydrogen (secondary N) is 1. The Morgan fingerprint density at radius 3 is 1.92 bits per heavy atom. The molecular weight excluding hydrogens is 258 g/mol. The molecule has 0 saturated heterocycles. The number of rotatable bonds is 4. The van der Waals surface area contributed by atoms with Crippen LogP contribution in [0, 0.1) is 0 Å². The van der Waals surface area contributed by atoms with Gasteiger partial charge in [-0.1, -0.05) is 15.9 Å². The van der Waals surface area contributed by atoms with Crippen LogP contribution in [0.25, 0.3) is 0 Å². The smallest absolute Gasteiger partial charge is 0.222 e. The van der Waals surface area contributed by atoms with Crippen molar-refractivity contribution in [2.75, 3.05) is 4.66 Å². The fourth-order valence-corrected chi connectivity index (χ4v) is 1.97. The van der Waals surface area contributed by atoms with Gasteiger partial charge in [-0.2, -0.15) is 0 Å². The van der Waals surface area contributed by atoms with Crippen LogP contribution in [0.1, 0.15) is 27.7 Å². The molecular formula is C7H16BrNO3S. The Labute approximate surface area is 87.9 Å². The van der Waals surface area contributed by atoms with Gasteiger partial charge in [0.25, 0.3) is 0 Å². The maximum Gasteiger partial charge on any atom is 0.222 e. The third-order valence-corrected chi connectivity index (χ3v) is 5.00. The molecule has 0 amide bonds. The fourth-order valence-electron chi connectivity index (χ4n) is 0.541. The Hall–Kier alpha value is 0.350. The zero-order valence-electron chi connectivity index (χ0n) is 8.26. The molecule has 0 aliphatic rings. The lowest BCUT2D eigenvalue weighted by atomic mass is 9.87. The van der Waals surface area contributed by atoms with Crippen molar-refractivity contribution in [3.8, 4) is 0 Å². The lowest BCUT2D eigenvalue weighted by Gasteiger charge is -2.37. The summed E-state index contributed by atoms with van der Waals surface area (Å²) in [4.78, 5) is 0. The number of halogens is 1. The van der Waals surface area contributed by atoms with Crippen LogP contribution in [0.3, 0.4) is 0 Å². The summed E-state index contributed by atoms with van der Waals surface area (Å²) in [6.45, 7) is 6.38. The van der Waals surface area contributed by atoms with Gasteiger partial charge >= 0.3 is 0 Å². The molecule has 0 rings (SSSR count). The van der Waals surface area contributed by atoms with E-state index in [2.05, 4.69) is 20.7 Å². The van der Waals surface area contributed by atoms with Crippen molar-refractivity contribution >= 4 is 26.0 Å². The van der Waals surface area contributed by atoms with E-state index in [1.165, 1.54) is 0 Å². The van der Waals surface area contributed by atoms with Crippen molar-refractivity contribution in [2.45, 2.75) is 38.8 Å². The molecule has 0 radical (unpaired) electrons. The highest BCUT2D eigenvalue weighted by molar-refractivity contribution is 9.10. The minimum atomic E-state index is -3.35. The molecule has 0 aromatic rings. The number of alkyl halides is 1. The van der Waals surface area contributed by atoms with Gasteiger partial charge in [-0.15, -0.1) is 0 Å². The van der Waals surface area contributed by atoms with Gasteiger partial charge in [0.15, 0.2) is 0 Å². The Balaban J connectivity index is 4.72. The first-order chi connectivity index (χ1) is 5.52. The number of hydrogen-bond donors (Lipinski definition) is 2. The third-order valence-electron chi connectivity index (χ3n) is 2.08. The van der Waals surface area contributed by atoms with E-state index in [-0.39, 0.29) is 4.66 Å². The van der Waals surface area contributed by atoms with Crippen LogP contribution in [0.4, 0.5) is 0 Å². The van der Waals surface area contributed by atoms with Gasteiger partial charge in [0.1, 0.15) is 4.66 Å². The molecule has 0 spiro atoms. The first-order valence-corrected chi connectivity index (χ1v) is 6.59. The number of sulfonamides is 1. The Bertz CT molecular complexity index is 266. The normalized spacial score (nSPS) is 14.6. The zero-order chi connectivity index (χ0) is 10.9. The second-order valence-corrected chi connectivity index (χ2v) is 7.04. The summed E-state index contributed by atoms with van der Waals surface area (Å²) < 4.78 is 24.6. The van der Waals surface area contributed by atoms with E-state index in [0.717, 1.165) is 0 Å². The topological polar surface area (TPSA) is 66.4 Å². The van der Waals surface area contributed by atoms with Crippen LogP contribution in [0.15, 0.2) is 0 Å². The summed E-state index contributed by atoms with van der Waals surface area (Å²) in [7, 11) is -3.35. The second kappa shape index (κ2) is 3.84. The van der Waals surface area contributed by atoms with Crippen LogP contribution < -0.4 is 4.72 Å². The standard InChI is InChI=1S/C7H16BrNO3S/c1-6(2,7(3,4)10)9-13(11,12)5-8/h9-10H,5H2,1-4H3. The molecule has 0 fully saturated rings. The highest BCUT2D eigenvalue weighted by atomic mass is 79.9.